The number of aromatic nitrogens is 1. The molecule has 2 aliphatic heterocycles. The Morgan fingerprint density at radius 2 is 2.15 bits per heavy atom. The molecule has 1 aromatic heterocycles. The summed E-state index contributed by atoms with van der Waals surface area (Å²) in [7, 11) is 0. The van der Waals surface area contributed by atoms with E-state index in [1.807, 2.05) is 29.3 Å². The van der Waals surface area contributed by atoms with Gasteiger partial charge in [-0.05, 0) is 36.2 Å². The number of hydrazine groups is 1. The molecule has 0 radical (unpaired) electrons. The number of nitrogens with one attached hydrogen (secondary N) is 1. The zero-order valence-corrected chi connectivity index (χ0v) is 14.5. The number of likely N-dealkylation sites (tertiary alicyclic amines) is 1. The lowest BCUT2D eigenvalue weighted by Crippen LogP contribution is -2.63. The van der Waals surface area contributed by atoms with Crippen molar-refractivity contribution >= 4 is 17.4 Å². The molecule has 5 nitrogen and oxygen atoms in total. The van der Waals surface area contributed by atoms with Crippen LogP contribution in [0, 0.1) is 5.82 Å². The molecule has 0 atom stereocenters. The summed E-state index contributed by atoms with van der Waals surface area (Å²) in [5.41, 5.74) is 6.00. The standard InChI is InChI=1S/C20H18F2N4O/c1-13(21)20(27)25-11-16(12-25)26-19-17(6-3-9-23-19)18(24-26)8-7-14-4-2-5-15(22)10-14/h2-6,8-10,16,24H,1,7,11-12H2/b18-8+. The van der Waals surface area contributed by atoms with Crippen LogP contribution in [-0.2, 0) is 11.2 Å². The molecule has 1 aromatic carbocycles. The van der Waals surface area contributed by atoms with Crippen LogP contribution in [0.5, 0.6) is 0 Å². The lowest BCUT2D eigenvalue weighted by Gasteiger charge is -2.43. The van der Waals surface area contributed by atoms with Gasteiger partial charge in [-0.1, -0.05) is 24.8 Å². The first-order chi connectivity index (χ1) is 13.0. The molecule has 0 saturated carbocycles. The molecular weight excluding hydrogens is 350 g/mol. The van der Waals surface area contributed by atoms with Gasteiger partial charge < -0.3 is 4.90 Å². The molecule has 3 heterocycles. The first kappa shape index (κ1) is 17.2. The van der Waals surface area contributed by atoms with Crippen LogP contribution in [0.25, 0.3) is 5.70 Å². The minimum atomic E-state index is -0.947. The molecule has 1 fully saturated rings. The maximum Gasteiger partial charge on any atom is 0.282 e. The topological polar surface area (TPSA) is 48.5 Å². The summed E-state index contributed by atoms with van der Waals surface area (Å²) in [6.07, 6.45) is 4.26. The quantitative estimate of drug-likeness (QED) is 0.844. The zero-order valence-electron chi connectivity index (χ0n) is 14.5. The van der Waals surface area contributed by atoms with E-state index in [0.717, 1.165) is 22.6 Å². The molecule has 1 N–H and O–H groups in total. The van der Waals surface area contributed by atoms with Crippen LogP contribution < -0.4 is 10.4 Å². The van der Waals surface area contributed by atoms with Crippen LogP contribution in [0.4, 0.5) is 14.6 Å². The summed E-state index contributed by atoms with van der Waals surface area (Å²) in [5.74, 6) is -1.12. The van der Waals surface area contributed by atoms with Crippen LogP contribution in [0.15, 0.2) is 61.1 Å². The van der Waals surface area contributed by atoms with Gasteiger partial charge in [-0.2, -0.15) is 0 Å². The van der Waals surface area contributed by atoms with Gasteiger partial charge in [0, 0.05) is 24.8 Å². The molecule has 0 spiro atoms. The fourth-order valence-corrected chi connectivity index (χ4v) is 3.30. The van der Waals surface area contributed by atoms with Crippen molar-refractivity contribution in [1.29, 1.82) is 0 Å². The molecule has 27 heavy (non-hydrogen) atoms. The van der Waals surface area contributed by atoms with E-state index in [2.05, 4.69) is 17.0 Å². The summed E-state index contributed by atoms with van der Waals surface area (Å²) in [5, 5.41) is 1.90. The highest BCUT2D eigenvalue weighted by atomic mass is 19.1. The van der Waals surface area contributed by atoms with E-state index in [1.54, 1.807) is 12.3 Å². The Labute approximate surface area is 155 Å². The Morgan fingerprint density at radius 3 is 2.89 bits per heavy atom. The molecule has 4 rings (SSSR count). The van der Waals surface area contributed by atoms with Crippen molar-refractivity contribution in [2.45, 2.75) is 12.5 Å². The van der Waals surface area contributed by atoms with E-state index < -0.39 is 11.7 Å². The van der Waals surface area contributed by atoms with E-state index >= 15 is 0 Å². The normalized spacial score (nSPS) is 17.5. The molecule has 2 aliphatic rings. The van der Waals surface area contributed by atoms with E-state index in [1.165, 1.54) is 17.0 Å². The van der Waals surface area contributed by atoms with Gasteiger partial charge in [-0.3, -0.25) is 15.2 Å². The van der Waals surface area contributed by atoms with Crippen molar-refractivity contribution in [3.8, 4) is 0 Å². The monoisotopic (exact) mass is 368 g/mol. The average Bonchev–Trinajstić information content (AvgIpc) is 2.97. The molecule has 2 aromatic rings. The van der Waals surface area contributed by atoms with Gasteiger partial charge in [-0.25, -0.2) is 13.8 Å². The number of allylic oxidation sites excluding steroid dienone is 1. The molecule has 0 unspecified atom stereocenters. The Balaban J connectivity index is 1.51. The Bertz CT molecular complexity index is 937. The number of carbonyl (C=O) groups excluding carboxylic acids is 1. The van der Waals surface area contributed by atoms with Gasteiger partial charge in [0.2, 0.25) is 0 Å². The molecule has 7 heteroatoms. The lowest BCUT2D eigenvalue weighted by molar-refractivity contribution is -0.132. The van der Waals surface area contributed by atoms with Crippen LogP contribution in [0.2, 0.25) is 0 Å². The smallest absolute Gasteiger partial charge is 0.282 e. The molecule has 1 amide bonds. The van der Waals surface area contributed by atoms with Crippen LogP contribution in [0.3, 0.4) is 0 Å². The highest BCUT2D eigenvalue weighted by Gasteiger charge is 2.40. The lowest BCUT2D eigenvalue weighted by atomic mass is 10.1. The number of benzene rings is 1. The van der Waals surface area contributed by atoms with Crippen LogP contribution in [0.1, 0.15) is 11.1 Å². The predicted octanol–water partition coefficient (Wildman–Crippen LogP) is 2.82. The minimum absolute atomic E-state index is 0.0120. The number of rotatable bonds is 4. The van der Waals surface area contributed by atoms with Gasteiger partial charge in [0.15, 0.2) is 11.6 Å². The Morgan fingerprint density at radius 1 is 1.33 bits per heavy atom. The maximum absolute atomic E-state index is 13.4. The fraction of sp³-hybridized carbons (Fsp3) is 0.200. The summed E-state index contributed by atoms with van der Waals surface area (Å²) in [6, 6.07) is 10.3. The average molecular weight is 368 g/mol. The largest absolute Gasteiger partial charge is 0.332 e. The summed E-state index contributed by atoms with van der Waals surface area (Å²) >= 11 is 0. The van der Waals surface area contributed by atoms with Crippen molar-refractivity contribution in [2.24, 2.45) is 0 Å². The first-order valence-electron chi connectivity index (χ1n) is 8.62. The fourth-order valence-electron chi connectivity index (χ4n) is 3.30. The van der Waals surface area contributed by atoms with Crippen LogP contribution in [-0.4, -0.2) is 34.9 Å². The number of hydrogen-bond donors (Lipinski definition) is 1. The van der Waals surface area contributed by atoms with Gasteiger partial charge in [0.1, 0.15) is 5.82 Å². The third-order valence-corrected chi connectivity index (χ3v) is 4.72. The van der Waals surface area contributed by atoms with Gasteiger partial charge >= 0.3 is 0 Å². The highest BCUT2D eigenvalue weighted by Crippen LogP contribution is 2.33. The SMILES string of the molecule is C=C(F)C(=O)N1CC(N2N/C(=C/Cc3cccc(F)c3)c3cccnc32)C1. The van der Waals surface area contributed by atoms with Gasteiger partial charge in [0.05, 0.1) is 11.7 Å². The van der Waals surface area contributed by atoms with Crippen molar-refractivity contribution in [2.75, 3.05) is 18.1 Å². The zero-order chi connectivity index (χ0) is 19.0. The molecular formula is C20H18F2N4O. The van der Waals surface area contributed by atoms with E-state index in [0.29, 0.717) is 19.5 Å². The highest BCUT2D eigenvalue weighted by molar-refractivity contribution is 5.91. The van der Waals surface area contributed by atoms with Crippen molar-refractivity contribution in [1.82, 2.24) is 15.3 Å². The van der Waals surface area contributed by atoms with Crippen molar-refractivity contribution in [3.05, 3.63) is 78.0 Å². The summed E-state index contributed by atoms with van der Waals surface area (Å²) < 4.78 is 26.4. The Hall–Kier alpha value is -3.22. The summed E-state index contributed by atoms with van der Waals surface area (Å²) in [6.45, 7) is 3.83. The second kappa shape index (κ2) is 6.83. The predicted molar refractivity (Wildman–Crippen MR) is 98.5 cm³/mol. The number of hydrogen-bond acceptors (Lipinski definition) is 4. The van der Waals surface area contributed by atoms with Gasteiger partial charge in [-0.15, -0.1) is 0 Å². The minimum Gasteiger partial charge on any atom is -0.332 e. The number of pyridine rings is 1. The number of halogens is 2. The van der Waals surface area contributed by atoms with Crippen molar-refractivity contribution in [3.63, 3.8) is 0 Å². The molecule has 138 valence electrons. The van der Waals surface area contributed by atoms with Gasteiger partial charge in [0.25, 0.3) is 5.91 Å². The molecule has 0 aliphatic carbocycles. The number of fused-ring (bicyclic) bond motifs is 1. The third-order valence-electron chi connectivity index (χ3n) is 4.72. The number of anilines is 1. The van der Waals surface area contributed by atoms with E-state index in [-0.39, 0.29) is 11.9 Å². The van der Waals surface area contributed by atoms with Crippen LogP contribution >= 0.6 is 0 Å². The number of carbonyl (C=O) groups is 1. The molecule has 1 saturated heterocycles. The summed E-state index contributed by atoms with van der Waals surface area (Å²) in [4.78, 5) is 17.5. The third kappa shape index (κ3) is 3.28. The van der Waals surface area contributed by atoms with E-state index in [9.17, 15) is 13.6 Å². The second-order valence-corrected chi connectivity index (χ2v) is 6.58. The van der Waals surface area contributed by atoms with E-state index in [4.69, 9.17) is 0 Å². The number of nitrogens with zero attached hydrogens (tertiary/aromatic N) is 3. The maximum atomic E-state index is 13.4. The second-order valence-electron chi connectivity index (χ2n) is 6.58. The number of amides is 1. The molecule has 0 bridgehead atoms. The van der Waals surface area contributed by atoms with Crippen molar-refractivity contribution < 1.29 is 13.6 Å². The first-order valence-corrected chi connectivity index (χ1v) is 8.62. The Kier molecular flexibility index (Phi) is 4.35.